The molecule has 1 atom stereocenters. The average molecular weight is 282 g/mol. The molecule has 1 saturated heterocycles. The van der Waals surface area contributed by atoms with E-state index < -0.39 is 17.8 Å². The van der Waals surface area contributed by atoms with Gasteiger partial charge in [0.1, 0.15) is 11.9 Å². The number of halogens is 1. The van der Waals surface area contributed by atoms with E-state index in [1.165, 1.54) is 13.2 Å². The van der Waals surface area contributed by atoms with Gasteiger partial charge < -0.3 is 20.1 Å². The van der Waals surface area contributed by atoms with E-state index in [0.717, 1.165) is 12.1 Å². The second-order valence-corrected chi connectivity index (χ2v) is 4.25. The fourth-order valence-electron chi connectivity index (χ4n) is 1.86. The van der Waals surface area contributed by atoms with E-state index in [0.29, 0.717) is 13.2 Å². The zero-order chi connectivity index (χ0) is 14.5. The van der Waals surface area contributed by atoms with E-state index >= 15 is 0 Å². The molecular formula is C13H15FN2O4. The van der Waals surface area contributed by atoms with Crippen molar-refractivity contribution in [3.8, 4) is 0 Å². The van der Waals surface area contributed by atoms with Gasteiger partial charge in [0, 0.05) is 6.54 Å². The quantitative estimate of drug-likeness (QED) is 0.791. The van der Waals surface area contributed by atoms with Crippen molar-refractivity contribution in [1.29, 1.82) is 0 Å². The zero-order valence-corrected chi connectivity index (χ0v) is 10.9. The Kier molecular flexibility index (Phi) is 4.65. The molecule has 0 aromatic heterocycles. The fraction of sp³-hybridized carbons (Fsp3) is 0.385. The van der Waals surface area contributed by atoms with Crippen LogP contribution >= 0.6 is 0 Å². The number of nitrogens with one attached hydrogen (secondary N) is 2. The van der Waals surface area contributed by atoms with Gasteiger partial charge in [-0.05, 0) is 18.2 Å². The first-order valence-electron chi connectivity index (χ1n) is 6.11. The van der Waals surface area contributed by atoms with E-state index in [9.17, 15) is 14.0 Å². The van der Waals surface area contributed by atoms with Crippen molar-refractivity contribution in [2.75, 3.05) is 32.2 Å². The summed E-state index contributed by atoms with van der Waals surface area (Å²) in [6, 6.07) is 2.94. The third-order valence-corrected chi connectivity index (χ3v) is 2.88. The molecule has 1 amide bonds. The van der Waals surface area contributed by atoms with Crippen LogP contribution in [0.15, 0.2) is 18.2 Å². The fourth-order valence-corrected chi connectivity index (χ4v) is 1.86. The Morgan fingerprint density at radius 2 is 2.30 bits per heavy atom. The summed E-state index contributed by atoms with van der Waals surface area (Å²) in [6.07, 6.45) is 0. The van der Waals surface area contributed by atoms with Gasteiger partial charge in [0.15, 0.2) is 0 Å². The second kappa shape index (κ2) is 6.44. The van der Waals surface area contributed by atoms with Crippen molar-refractivity contribution < 1.29 is 23.5 Å². The first-order chi connectivity index (χ1) is 9.61. The molecule has 1 aliphatic rings. The van der Waals surface area contributed by atoms with Crippen LogP contribution in [0.2, 0.25) is 0 Å². The molecule has 20 heavy (non-hydrogen) atoms. The zero-order valence-electron chi connectivity index (χ0n) is 10.9. The van der Waals surface area contributed by atoms with E-state index in [-0.39, 0.29) is 23.8 Å². The Balaban J connectivity index is 2.16. The lowest BCUT2D eigenvalue weighted by Gasteiger charge is -2.23. The Bertz CT molecular complexity index is 515. The molecule has 1 unspecified atom stereocenters. The first kappa shape index (κ1) is 14.4. The number of methoxy groups -OCH3 is 1. The molecule has 0 aliphatic carbocycles. The van der Waals surface area contributed by atoms with E-state index in [1.54, 1.807) is 0 Å². The molecule has 0 radical (unpaired) electrons. The molecule has 1 fully saturated rings. The number of anilines is 1. The third-order valence-electron chi connectivity index (χ3n) is 2.88. The lowest BCUT2D eigenvalue weighted by Crippen LogP contribution is -2.49. The minimum Gasteiger partial charge on any atom is -0.465 e. The van der Waals surface area contributed by atoms with Crippen LogP contribution in [0.25, 0.3) is 0 Å². The topological polar surface area (TPSA) is 76.7 Å². The molecule has 1 aromatic carbocycles. The molecule has 1 aliphatic heterocycles. The molecule has 0 bridgehead atoms. The minimum atomic E-state index is -0.645. The first-order valence-corrected chi connectivity index (χ1v) is 6.11. The highest BCUT2D eigenvalue weighted by Crippen LogP contribution is 2.18. The van der Waals surface area contributed by atoms with Crippen LogP contribution in [0.5, 0.6) is 0 Å². The van der Waals surface area contributed by atoms with Crippen molar-refractivity contribution >= 4 is 17.6 Å². The minimum absolute atomic E-state index is 0.0780. The van der Waals surface area contributed by atoms with Gasteiger partial charge in [0.25, 0.3) is 0 Å². The third kappa shape index (κ3) is 3.31. The maximum absolute atomic E-state index is 13.3. The van der Waals surface area contributed by atoms with E-state index in [2.05, 4.69) is 15.4 Å². The van der Waals surface area contributed by atoms with Gasteiger partial charge in [-0.3, -0.25) is 4.79 Å². The molecule has 6 nitrogen and oxygen atoms in total. The van der Waals surface area contributed by atoms with Gasteiger partial charge in [0.2, 0.25) is 5.91 Å². The highest BCUT2D eigenvalue weighted by molar-refractivity contribution is 6.02. The second-order valence-electron chi connectivity index (χ2n) is 4.25. The summed E-state index contributed by atoms with van der Waals surface area (Å²) in [5, 5.41) is 5.48. The van der Waals surface area contributed by atoms with Crippen LogP contribution in [0.3, 0.4) is 0 Å². The molecule has 0 saturated carbocycles. The summed E-state index contributed by atoms with van der Waals surface area (Å²) in [6.45, 7) is 1.33. The van der Waals surface area contributed by atoms with Crippen molar-refractivity contribution in [2.24, 2.45) is 0 Å². The maximum atomic E-state index is 13.3. The van der Waals surface area contributed by atoms with E-state index in [1.807, 2.05) is 0 Å². The van der Waals surface area contributed by atoms with Gasteiger partial charge in [-0.25, -0.2) is 9.18 Å². The number of carbonyl (C=O) groups excluding carboxylic acids is 2. The predicted molar refractivity (Wildman–Crippen MR) is 69.0 cm³/mol. The number of hydrogen-bond acceptors (Lipinski definition) is 5. The highest BCUT2D eigenvalue weighted by atomic mass is 19.1. The summed E-state index contributed by atoms with van der Waals surface area (Å²) >= 11 is 0. The SMILES string of the molecule is COC(=O)c1ccc(F)cc1NC(=O)C1COCCN1. The van der Waals surface area contributed by atoms with Crippen LogP contribution in [-0.2, 0) is 14.3 Å². The predicted octanol–water partition coefficient (Wildman–Crippen LogP) is 0.539. The number of rotatable bonds is 3. The number of benzene rings is 1. The molecule has 1 heterocycles. The maximum Gasteiger partial charge on any atom is 0.339 e. The van der Waals surface area contributed by atoms with Gasteiger partial charge in [0.05, 0.1) is 31.6 Å². The normalized spacial score (nSPS) is 18.4. The molecule has 1 aromatic rings. The average Bonchev–Trinajstić information content (AvgIpc) is 2.47. The Labute approximate surface area is 115 Å². The van der Waals surface area contributed by atoms with Crippen LogP contribution in [0.4, 0.5) is 10.1 Å². The van der Waals surface area contributed by atoms with Crippen LogP contribution < -0.4 is 10.6 Å². The number of carbonyl (C=O) groups is 2. The molecule has 2 N–H and O–H groups in total. The Hall–Kier alpha value is -1.99. The van der Waals surface area contributed by atoms with Gasteiger partial charge >= 0.3 is 5.97 Å². The number of morpholine rings is 1. The van der Waals surface area contributed by atoms with Crippen molar-refractivity contribution in [3.63, 3.8) is 0 Å². The number of esters is 1. The van der Waals surface area contributed by atoms with Crippen LogP contribution in [-0.4, -0.2) is 44.8 Å². The van der Waals surface area contributed by atoms with Crippen LogP contribution in [0.1, 0.15) is 10.4 Å². The lowest BCUT2D eigenvalue weighted by molar-refractivity contribution is -0.120. The molecule has 2 rings (SSSR count). The lowest BCUT2D eigenvalue weighted by atomic mass is 10.1. The molecule has 0 spiro atoms. The molecular weight excluding hydrogens is 267 g/mol. The van der Waals surface area contributed by atoms with Crippen molar-refractivity contribution in [3.05, 3.63) is 29.6 Å². The number of amides is 1. The molecule has 108 valence electrons. The summed E-state index contributed by atoms with van der Waals surface area (Å²) in [4.78, 5) is 23.6. The smallest absolute Gasteiger partial charge is 0.339 e. The van der Waals surface area contributed by atoms with Gasteiger partial charge in [-0.2, -0.15) is 0 Å². The Morgan fingerprint density at radius 3 is 2.95 bits per heavy atom. The summed E-state index contributed by atoms with van der Waals surface area (Å²) in [5.41, 5.74) is 0.174. The number of ether oxygens (including phenoxy) is 2. The highest BCUT2D eigenvalue weighted by Gasteiger charge is 2.23. The summed E-state index contributed by atoms with van der Waals surface area (Å²) in [7, 11) is 1.22. The number of hydrogen-bond donors (Lipinski definition) is 2. The summed E-state index contributed by atoms with van der Waals surface area (Å²) in [5.74, 6) is -1.59. The monoisotopic (exact) mass is 282 g/mol. The van der Waals surface area contributed by atoms with Crippen molar-refractivity contribution in [1.82, 2.24) is 5.32 Å². The van der Waals surface area contributed by atoms with Crippen molar-refractivity contribution in [2.45, 2.75) is 6.04 Å². The van der Waals surface area contributed by atoms with Gasteiger partial charge in [-0.1, -0.05) is 0 Å². The van der Waals surface area contributed by atoms with Crippen LogP contribution in [0, 0.1) is 5.82 Å². The summed E-state index contributed by atoms with van der Waals surface area (Å²) < 4.78 is 23.0. The largest absolute Gasteiger partial charge is 0.465 e. The Morgan fingerprint density at radius 1 is 1.50 bits per heavy atom. The van der Waals surface area contributed by atoms with E-state index in [4.69, 9.17) is 4.74 Å². The molecule has 7 heteroatoms. The standard InChI is InChI=1S/C13H15FN2O4/c1-19-13(18)9-3-2-8(14)6-10(9)16-12(17)11-7-20-5-4-15-11/h2-3,6,11,15H,4-5,7H2,1H3,(H,16,17). The van der Waals surface area contributed by atoms with Gasteiger partial charge in [-0.15, -0.1) is 0 Å².